The average Bonchev–Trinajstić information content (AvgIpc) is 2.54. The van der Waals surface area contributed by atoms with Gasteiger partial charge in [0.2, 0.25) is 0 Å². The van der Waals surface area contributed by atoms with Gasteiger partial charge in [0.05, 0.1) is 11.8 Å². The third-order valence-electron chi connectivity index (χ3n) is 3.46. The molecule has 0 fully saturated rings. The maximum absolute atomic E-state index is 12.5. The molecule has 0 unspecified atom stereocenters. The number of hydrogen-bond donors (Lipinski definition) is 0. The van der Waals surface area contributed by atoms with Crippen molar-refractivity contribution in [2.75, 3.05) is 4.90 Å². The molecule has 0 aliphatic carbocycles. The van der Waals surface area contributed by atoms with Crippen molar-refractivity contribution in [3.8, 4) is 11.8 Å². The van der Waals surface area contributed by atoms with Crippen LogP contribution in [0.2, 0.25) is 0 Å². The van der Waals surface area contributed by atoms with Crippen LogP contribution in [-0.4, -0.2) is 12.1 Å². The highest BCUT2D eigenvalue weighted by Crippen LogP contribution is 2.30. The number of amides is 1. The number of para-hydroxylation sites is 1. The van der Waals surface area contributed by atoms with Crippen molar-refractivity contribution in [3.63, 3.8) is 0 Å². The summed E-state index contributed by atoms with van der Waals surface area (Å²) in [5.41, 5.74) is 2.67. The summed E-state index contributed by atoms with van der Waals surface area (Å²) in [6.45, 7) is 1.98. The standard InChI is InChI=1S/C18H14N2O2/c1-13-7-10-17-14(11-13)8-9-15(12-19)20(17)18(21)22-16-5-3-2-4-6-16/h2-11,15H,1H3/t15-/m1/s1. The van der Waals surface area contributed by atoms with Crippen molar-refractivity contribution in [1.82, 2.24) is 0 Å². The van der Waals surface area contributed by atoms with Crippen molar-refractivity contribution in [2.45, 2.75) is 13.0 Å². The predicted octanol–water partition coefficient (Wildman–Crippen LogP) is 3.92. The van der Waals surface area contributed by atoms with Gasteiger partial charge in [-0.2, -0.15) is 5.26 Å². The molecule has 0 saturated carbocycles. The van der Waals surface area contributed by atoms with E-state index in [1.807, 2.05) is 37.3 Å². The Bertz CT molecular complexity index is 775. The Morgan fingerprint density at radius 2 is 2.00 bits per heavy atom. The molecule has 1 atom stereocenters. The number of rotatable bonds is 1. The first-order chi connectivity index (χ1) is 10.7. The van der Waals surface area contributed by atoms with Crippen molar-refractivity contribution in [1.29, 1.82) is 5.26 Å². The number of hydrogen-bond acceptors (Lipinski definition) is 3. The maximum atomic E-state index is 12.5. The van der Waals surface area contributed by atoms with Gasteiger partial charge < -0.3 is 4.74 Å². The monoisotopic (exact) mass is 290 g/mol. The normalized spacial score (nSPS) is 15.8. The summed E-state index contributed by atoms with van der Waals surface area (Å²) >= 11 is 0. The van der Waals surface area contributed by atoms with Crippen LogP contribution in [0.15, 0.2) is 54.6 Å². The molecule has 0 radical (unpaired) electrons. The quantitative estimate of drug-likeness (QED) is 0.800. The molecule has 108 valence electrons. The molecule has 1 amide bonds. The van der Waals surface area contributed by atoms with E-state index < -0.39 is 12.1 Å². The molecule has 2 aromatic rings. The summed E-state index contributed by atoms with van der Waals surface area (Å²) in [7, 11) is 0. The summed E-state index contributed by atoms with van der Waals surface area (Å²) in [5, 5.41) is 9.31. The van der Waals surface area contributed by atoms with E-state index in [1.54, 1.807) is 30.3 Å². The molecule has 4 heteroatoms. The van der Waals surface area contributed by atoms with Crippen LogP contribution in [0.5, 0.6) is 5.75 Å². The second-order valence-corrected chi connectivity index (χ2v) is 5.05. The largest absolute Gasteiger partial charge is 0.421 e. The molecule has 0 N–H and O–H groups in total. The van der Waals surface area contributed by atoms with E-state index in [0.29, 0.717) is 11.4 Å². The molecule has 2 aromatic carbocycles. The van der Waals surface area contributed by atoms with Crippen LogP contribution in [-0.2, 0) is 0 Å². The lowest BCUT2D eigenvalue weighted by molar-refractivity contribution is 0.207. The minimum atomic E-state index is -0.675. The zero-order valence-electron chi connectivity index (χ0n) is 12.1. The molecule has 4 nitrogen and oxygen atoms in total. The summed E-state index contributed by atoms with van der Waals surface area (Å²) in [6.07, 6.45) is 3.00. The average molecular weight is 290 g/mol. The molecule has 1 aliphatic heterocycles. The van der Waals surface area contributed by atoms with Gasteiger partial charge >= 0.3 is 6.09 Å². The molecule has 0 bridgehead atoms. The van der Waals surface area contributed by atoms with Crippen molar-refractivity contribution in [2.24, 2.45) is 0 Å². The van der Waals surface area contributed by atoms with E-state index in [1.165, 1.54) is 4.90 Å². The van der Waals surface area contributed by atoms with Crippen LogP contribution in [0.4, 0.5) is 10.5 Å². The smallest absolute Gasteiger partial charge is 0.410 e. The first-order valence-electron chi connectivity index (χ1n) is 6.93. The summed E-state index contributed by atoms with van der Waals surface area (Å²) in [4.78, 5) is 13.9. The molecule has 0 spiro atoms. The predicted molar refractivity (Wildman–Crippen MR) is 84.6 cm³/mol. The summed E-state index contributed by atoms with van der Waals surface area (Å²) < 4.78 is 5.38. The highest BCUT2D eigenvalue weighted by molar-refractivity contribution is 5.95. The molecule has 1 aliphatic rings. The van der Waals surface area contributed by atoms with Crippen LogP contribution >= 0.6 is 0 Å². The molecule has 22 heavy (non-hydrogen) atoms. The van der Waals surface area contributed by atoms with E-state index in [4.69, 9.17) is 4.74 Å². The van der Waals surface area contributed by atoms with Gasteiger partial charge in [-0.15, -0.1) is 0 Å². The van der Waals surface area contributed by atoms with Crippen molar-refractivity contribution in [3.05, 3.63) is 65.7 Å². The number of aryl methyl sites for hydroxylation is 1. The Balaban J connectivity index is 1.95. The second kappa shape index (κ2) is 5.74. The lowest BCUT2D eigenvalue weighted by Gasteiger charge is -2.29. The molecule has 3 rings (SSSR count). The van der Waals surface area contributed by atoms with Crippen molar-refractivity contribution >= 4 is 17.9 Å². The number of benzene rings is 2. The third-order valence-corrected chi connectivity index (χ3v) is 3.46. The Labute approximate surface area is 128 Å². The third kappa shape index (κ3) is 2.57. The number of nitriles is 1. The van der Waals surface area contributed by atoms with Gasteiger partial charge in [0.25, 0.3) is 0 Å². The van der Waals surface area contributed by atoms with Crippen LogP contribution in [0, 0.1) is 18.3 Å². The van der Waals surface area contributed by atoms with E-state index >= 15 is 0 Å². The molecule has 0 aromatic heterocycles. The highest BCUT2D eigenvalue weighted by atomic mass is 16.6. The minimum Gasteiger partial charge on any atom is -0.410 e. The van der Waals surface area contributed by atoms with Gasteiger partial charge in [-0.1, -0.05) is 35.9 Å². The lowest BCUT2D eigenvalue weighted by atomic mass is 10.0. The van der Waals surface area contributed by atoms with Crippen LogP contribution < -0.4 is 9.64 Å². The van der Waals surface area contributed by atoms with Gasteiger partial charge in [0.1, 0.15) is 11.8 Å². The van der Waals surface area contributed by atoms with E-state index in [9.17, 15) is 10.1 Å². The first kappa shape index (κ1) is 13.9. The fourth-order valence-corrected chi connectivity index (χ4v) is 2.41. The zero-order chi connectivity index (χ0) is 15.5. The van der Waals surface area contributed by atoms with E-state index in [-0.39, 0.29) is 0 Å². The molecular formula is C18H14N2O2. The number of ether oxygens (including phenoxy) is 1. The number of nitrogens with zero attached hydrogens (tertiary/aromatic N) is 2. The van der Waals surface area contributed by atoms with Gasteiger partial charge in [-0.05, 0) is 42.8 Å². The number of carbonyl (C=O) groups is 1. The Morgan fingerprint density at radius 3 is 2.73 bits per heavy atom. The van der Waals surface area contributed by atoms with Gasteiger partial charge in [0.15, 0.2) is 0 Å². The van der Waals surface area contributed by atoms with Gasteiger partial charge in [-0.3, -0.25) is 4.90 Å². The van der Waals surface area contributed by atoms with Crippen molar-refractivity contribution < 1.29 is 9.53 Å². The van der Waals surface area contributed by atoms with E-state index in [0.717, 1.165) is 11.1 Å². The highest BCUT2D eigenvalue weighted by Gasteiger charge is 2.29. The Kier molecular flexibility index (Phi) is 3.63. The van der Waals surface area contributed by atoms with Gasteiger partial charge in [-0.25, -0.2) is 4.79 Å². The Morgan fingerprint density at radius 1 is 1.23 bits per heavy atom. The maximum Gasteiger partial charge on any atom is 0.421 e. The summed E-state index contributed by atoms with van der Waals surface area (Å²) in [6, 6.07) is 16.0. The number of fused-ring (bicyclic) bond motifs is 1. The number of carbonyl (C=O) groups excluding carboxylic acids is 1. The molecule has 1 heterocycles. The zero-order valence-corrected chi connectivity index (χ0v) is 12.1. The van der Waals surface area contributed by atoms with Gasteiger partial charge in [0, 0.05) is 0 Å². The van der Waals surface area contributed by atoms with Crippen LogP contribution in [0.3, 0.4) is 0 Å². The molecular weight excluding hydrogens is 276 g/mol. The van der Waals surface area contributed by atoms with E-state index in [2.05, 4.69) is 6.07 Å². The lowest BCUT2D eigenvalue weighted by Crippen LogP contribution is -2.42. The second-order valence-electron chi connectivity index (χ2n) is 5.05. The van der Waals surface area contributed by atoms with Crippen LogP contribution in [0.25, 0.3) is 6.08 Å². The number of anilines is 1. The fraction of sp³-hybridized carbons (Fsp3) is 0.111. The summed E-state index contributed by atoms with van der Waals surface area (Å²) in [5.74, 6) is 0.451. The topological polar surface area (TPSA) is 53.3 Å². The Hall–Kier alpha value is -3.06. The fourth-order valence-electron chi connectivity index (χ4n) is 2.41. The molecule has 0 saturated heterocycles. The SMILES string of the molecule is Cc1ccc2c(c1)C=C[C@H](C#N)N2C(=O)Oc1ccccc1. The van der Waals surface area contributed by atoms with Crippen LogP contribution in [0.1, 0.15) is 11.1 Å². The minimum absolute atomic E-state index is 0.451. The first-order valence-corrected chi connectivity index (χ1v) is 6.93.